The van der Waals surface area contributed by atoms with Crippen LogP contribution in [0.15, 0.2) is 60.9 Å². The quantitative estimate of drug-likeness (QED) is 0.476. The summed E-state index contributed by atoms with van der Waals surface area (Å²) < 4.78 is 24.5. The maximum Gasteiger partial charge on any atom is 0.163 e. The molecule has 9 heteroatoms. The molecule has 2 aliphatic heterocycles. The first-order valence-electron chi connectivity index (χ1n) is 10.3. The maximum atomic E-state index is 13.2. The van der Waals surface area contributed by atoms with Crippen LogP contribution in [0.25, 0.3) is 11.1 Å². The van der Waals surface area contributed by atoms with Gasteiger partial charge in [-0.3, -0.25) is 9.88 Å². The average Bonchev–Trinajstić information content (AvgIpc) is 2.80. The Morgan fingerprint density at radius 1 is 0.758 bits per heavy atom. The molecular formula is C24H27Cl3FN3O2. The van der Waals surface area contributed by atoms with Crippen molar-refractivity contribution in [3.05, 3.63) is 72.3 Å². The van der Waals surface area contributed by atoms with E-state index in [1.165, 1.54) is 23.4 Å². The predicted octanol–water partition coefficient (Wildman–Crippen LogP) is 5.25. The van der Waals surface area contributed by atoms with Crippen molar-refractivity contribution in [3.8, 4) is 22.6 Å². The van der Waals surface area contributed by atoms with Crippen LogP contribution in [-0.4, -0.2) is 49.3 Å². The fourth-order valence-corrected chi connectivity index (χ4v) is 4.03. The third kappa shape index (κ3) is 6.42. The molecule has 0 spiro atoms. The number of fused-ring (bicyclic) bond motifs is 1. The lowest BCUT2D eigenvalue weighted by atomic mass is 10.1. The van der Waals surface area contributed by atoms with Crippen molar-refractivity contribution < 1.29 is 13.9 Å². The van der Waals surface area contributed by atoms with Gasteiger partial charge in [0.1, 0.15) is 19.0 Å². The van der Waals surface area contributed by atoms with Crippen LogP contribution < -0.4 is 14.4 Å². The third-order valence-corrected chi connectivity index (χ3v) is 5.64. The van der Waals surface area contributed by atoms with Gasteiger partial charge in [0.15, 0.2) is 11.5 Å². The van der Waals surface area contributed by atoms with Crippen LogP contribution in [0.4, 0.5) is 10.1 Å². The van der Waals surface area contributed by atoms with E-state index in [1.807, 2.05) is 18.5 Å². The minimum Gasteiger partial charge on any atom is -0.486 e. The Kier molecular flexibility index (Phi) is 10.0. The number of benzene rings is 2. The monoisotopic (exact) mass is 513 g/mol. The number of anilines is 1. The van der Waals surface area contributed by atoms with Gasteiger partial charge in [-0.25, -0.2) is 4.39 Å². The van der Waals surface area contributed by atoms with Crippen molar-refractivity contribution in [1.29, 1.82) is 0 Å². The zero-order chi connectivity index (χ0) is 20.3. The van der Waals surface area contributed by atoms with Crippen LogP contribution in [-0.2, 0) is 6.54 Å². The second kappa shape index (κ2) is 12.3. The smallest absolute Gasteiger partial charge is 0.163 e. The number of ether oxygens (including phenoxy) is 2. The second-order valence-electron chi connectivity index (χ2n) is 7.68. The van der Waals surface area contributed by atoms with E-state index < -0.39 is 0 Å². The molecule has 0 N–H and O–H groups in total. The number of nitrogens with zero attached hydrogens (tertiary/aromatic N) is 3. The Morgan fingerprint density at radius 2 is 1.45 bits per heavy atom. The number of rotatable bonds is 4. The summed E-state index contributed by atoms with van der Waals surface area (Å²) in [5.41, 5.74) is 4.35. The lowest BCUT2D eigenvalue weighted by molar-refractivity contribution is 0.171. The largest absolute Gasteiger partial charge is 0.486 e. The minimum absolute atomic E-state index is 0. The highest BCUT2D eigenvalue weighted by Gasteiger charge is 2.20. The molecule has 0 amide bonds. The normalized spacial score (nSPS) is 15.0. The molecule has 0 radical (unpaired) electrons. The minimum atomic E-state index is -0.223. The molecule has 1 saturated heterocycles. The Hall–Kier alpha value is -2.25. The van der Waals surface area contributed by atoms with Gasteiger partial charge in [-0.2, -0.15) is 0 Å². The topological polar surface area (TPSA) is 37.8 Å². The first-order chi connectivity index (χ1) is 14.7. The van der Waals surface area contributed by atoms with Crippen molar-refractivity contribution in [1.82, 2.24) is 9.88 Å². The summed E-state index contributed by atoms with van der Waals surface area (Å²) in [6.07, 6.45) is 3.75. The summed E-state index contributed by atoms with van der Waals surface area (Å²) in [6, 6.07) is 14.9. The summed E-state index contributed by atoms with van der Waals surface area (Å²) in [5.74, 6) is 1.45. The molecule has 178 valence electrons. The molecule has 5 nitrogen and oxygen atoms in total. The Labute approximate surface area is 212 Å². The van der Waals surface area contributed by atoms with Crippen molar-refractivity contribution in [2.24, 2.45) is 0 Å². The molecule has 0 bridgehead atoms. The van der Waals surface area contributed by atoms with Crippen LogP contribution in [0.2, 0.25) is 0 Å². The molecule has 33 heavy (non-hydrogen) atoms. The molecule has 1 aromatic heterocycles. The number of aromatic nitrogens is 1. The number of hydrogen-bond donors (Lipinski definition) is 0. The highest BCUT2D eigenvalue weighted by Crippen LogP contribution is 2.34. The Bertz CT molecular complexity index is 1030. The number of pyridine rings is 1. The predicted molar refractivity (Wildman–Crippen MR) is 136 cm³/mol. The van der Waals surface area contributed by atoms with E-state index in [-0.39, 0.29) is 43.0 Å². The first-order valence-corrected chi connectivity index (χ1v) is 10.3. The van der Waals surface area contributed by atoms with E-state index in [0.717, 1.165) is 55.3 Å². The molecule has 0 saturated carbocycles. The summed E-state index contributed by atoms with van der Waals surface area (Å²) in [6.45, 7) is 5.97. The lowest BCUT2D eigenvalue weighted by Crippen LogP contribution is -2.46. The Morgan fingerprint density at radius 3 is 2.18 bits per heavy atom. The third-order valence-electron chi connectivity index (χ3n) is 5.64. The Balaban J connectivity index is 0.00000128. The van der Waals surface area contributed by atoms with Gasteiger partial charge in [0, 0.05) is 62.4 Å². The summed E-state index contributed by atoms with van der Waals surface area (Å²) >= 11 is 0. The highest BCUT2D eigenvalue weighted by molar-refractivity contribution is 5.86. The van der Waals surface area contributed by atoms with Crippen LogP contribution >= 0.6 is 37.2 Å². The van der Waals surface area contributed by atoms with E-state index in [1.54, 1.807) is 12.1 Å². The van der Waals surface area contributed by atoms with E-state index in [0.29, 0.717) is 13.2 Å². The van der Waals surface area contributed by atoms with E-state index in [2.05, 4.69) is 33.0 Å². The molecule has 0 aliphatic carbocycles. The second-order valence-corrected chi connectivity index (χ2v) is 7.68. The molecule has 3 heterocycles. The van der Waals surface area contributed by atoms with Gasteiger partial charge in [0.05, 0.1) is 0 Å². The number of hydrogen-bond acceptors (Lipinski definition) is 5. The molecule has 5 rings (SSSR count). The van der Waals surface area contributed by atoms with E-state index >= 15 is 0 Å². The van der Waals surface area contributed by atoms with Crippen LogP contribution in [0, 0.1) is 5.82 Å². The first kappa shape index (κ1) is 27.0. The van der Waals surface area contributed by atoms with Crippen molar-refractivity contribution in [3.63, 3.8) is 0 Å². The van der Waals surface area contributed by atoms with Crippen LogP contribution in [0.5, 0.6) is 11.5 Å². The SMILES string of the molecule is Cl.Cl.Cl.Fc1ccc(-c2cncc(CN3CCN(c4ccc5c(c4)OCCO5)CC3)c2)cc1. The van der Waals surface area contributed by atoms with Gasteiger partial charge < -0.3 is 14.4 Å². The van der Waals surface area contributed by atoms with Crippen LogP contribution in [0.3, 0.4) is 0 Å². The standard InChI is InChI=1S/C24H24FN3O2.3ClH/c25-21-3-1-19(2-4-21)20-13-18(15-26-16-20)17-27-7-9-28(10-8-27)22-5-6-23-24(14-22)30-12-11-29-23;;;/h1-6,13-16H,7-12,17H2;3*1H. The molecule has 1 fully saturated rings. The fourth-order valence-electron chi connectivity index (χ4n) is 4.03. The molecule has 0 unspecified atom stereocenters. The molecular weight excluding hydrogens is 488 g/mol. The summed E-state index contributed by atoms with van der Waals surface area (Å²) in [4.78, 5) is 9.23. The van der Waals surface area contributed by atoms with Crippen molar-refractivity contribution in [2.75, 3.05) is 44.3 Å². The van der Waals surface area contributed by atoms with Gasteiger partial charge >= 0.3 is 0 Å². The van der Waals surface area contributed by atoms with E-state index in [4.69, 9.17) is 9.47 Å². The van der Waals surface area contributed by atoms with Crippen molar-refractivity contribution in [2.45, 2.75) is 6.54 Å². The average molecular weight is 515 g/mol. The number of halogens is 4. The molecule has 3 aromatic rings. The number of piperazine rings is 1. The molecule has 0 atom stereocenters. The van der Waals surface area contributed by atoms with Crippen LogP contribution in [0.1, 0.15) is 5.56 Å². The molecule has 2 aromatic carbocycles. The summed E-state index contributed by atoms with van der Waals surface area (Å²) in [7, 11) is 0. The fraction of sp³-hybridized carbons (Fsp3) is 0.292. The van der Waals surface area contributed by atoms with Crippen molar-refractivity contribution >= 4 is 42.9 Å². The van der Waals surface area contributed by atoms with E-state index in [9.17, 15) is 4.39 Å². The maximum absolute atomic E-state index is 13.2. The zero-order valence-electron chi connectivity index (χ0n) is 18.0. The summed E-state index contributed by atoms with van der Waals surface area (Å²) in [5, 5.41) is 0. The van der Waals surface area contributed by atoms with Gasteiger partial charge in [-0.05, 0) is 41.5 Å². The van der Waals surface area contributed by atoms with Gasteiger partial charge in [0.2, 0.25) is 0 Å². The zero-order valence-corrected chi connectivity index (χ0v) is 20.4. The highest BCUT2D eigenvalue weighted by atomic mass is 35.5. The van der Waals surface area contributed by atoms with Gasteiger partial charge in [-0.1, -0.05) is 12.1 Å². The lowest BCUT2D eigenvalue weighted by Gasteiger charge is -2.36. The molecule has 2 aliphatic rings. The van der Waals surface area contributed by atoms with Gasteiger partial charge in [-0.15, -0.1) is 37.2 Å². The van der Waals surface area contributed by atoms with Gasteiger partial charge in [0.25, 0.3) is 0 Å².